The number of nitrogens with two attached hydrogens (primary N) is 1. The van der Waals surface area contributed by atoms with Crippen LogP contribution in [0.15, 0.2) is 40.9 Å². The number of nitrogens with zero attached hydrogens (tertiary/aromatic N) is 1. The topological polar surface area (TPSA) is 78.4 Å². The summed E-state index contributed by atoms with van der Waals surface area (Å²) in [5, 5.41) is 10.6. The van der Waals surface area contributed by atoms with Gasteiger partial charge in [-0.25, -0.2) is 4.39 Å². The highest BCUT2D eigenvalue weighted by Gasteiger charge is 2.12. The highest BCUT2D eigenvalue weighted by molar-refractivity contribution is 9.10. The van der Waals surface area contributed by atoms with Crippen molar-refractivity contribution in [1.82, 2.24) is 0 Å². The molecule has 0 bridgehead atoms. The molecule has 5 nitrogen and oxygen atoms in total. The Morgan fingerprint density at radius 3 is 2.58 bits per heavy atom. The number of benzene rings is 2. The number of nitro groups is 1. The third kappa shape index (κ3) is 3.00. The molecule has 0 saturated carbocycles. The first-order valence-electron chi connectivity index (χ1n) is 5.14. The summed E-state index contributed by atoms with van der Waals surface area (Å²) in [4.78, 5) is 10.0. The molecule has 0 aliphatic heterocycles. The Hall–Kier alpha value is -2.15. The molecule has 19 heavy (non-hydrogen) atoms. The summed E-state index contributed by atoms with van der Waals surface area (Å²) in [5.41, 5.74) is 5.36. The summed E-state index contributed by atoms with van der Waals surface area (Å²) in [6.45, 7) is 0. The summed E-state index contributed by atoms with van der Waals surface area (Å²) >= 11 is 3.16. The Labute approximate surface area is 116 Å². The summed E-state index contributed by atoms with van der Waals surface area (Å²) < 4.78 is 18.8. The quantitative estimate of drug-likeness (QED) is 0.527. The van der Waals surface area contributed by atoms with Crippen LogP contribution in [0.4, 0.5) is 15.8 Å². The lowest BCUT2D eigenvalue weighted by molar-refractivity contribution is -0.383. The number of halogens is 2. The number of rotatable bonds is 3. The normalized spacial score (nSPS) is 10.2. The summed E-state index contributed by atoms with van der Waals surface area (Å²) in [7, 11) is 0. The maximum Gasteiger partial charge on any atom is 0.292 e. The van der Waals surface area contributed by atoms with Gasteiger partial charge in [-0.3, -0.25) is 10.1 Å². The lowest BCUT2D eigenvalue weighted by atomic mass is 10.2. The first-order chi connectivity index (χ1) is 8.97. The van der Waals surface area contributed by atoms with E-state index in [-0.39, 0.29) is 11.4 Å². The van der Waals surface area contributed by atoms with Gasteiger partial charge in [-0.05, 0) is 40.2 Å². The Kier molecular flexibility index (Phi) is 3.66. The molecule has 2 aromatic carbocycles. The molecule has 0 heterocycles. The van der Waals surface area contributed by atoms with Crippen LogP contribution in [0.5, 0.6) is 11.5 Å². The summed E-state index contributed by atoms with van der Waals surface area (Å²) in [6.07, 6.45) is 0. The van der Waals surface area contributed by atoms with Gasteiger partial charge in [0.2, 0.25) is 0 Å². The molecule has 0 unspecified atom stereocenters. The van der Waals surface area contributed by atoms with Gasteiger partial charge in [0, 0.05) is 12.1 Å². The van der Waals surface area contributed by atoms with Gasteiger partial charge in [-0.1, -0.05) is 0 Å². The highest BCUT2D eigenvalue weighted by atomic mass is 79.9. The molecule has 2 aromatic rings. The molecule has 7 heteroatoms. The van der Waals surface area contributed by atoms with Crippen molar-refractivity contribution in [2.45, 2.75) is 0 Å². The van der Waals surface area contributed by atoms with Crippen molar-refractivity contribution in [2.24, 2.45) is 0 Å². The van der Waals surface area contributed by atoms with E-state index >= 15 is 0 Å². The number of anilines is 1. The SMILES string of the molecule is Nc1cc(Oc2ccc(F)cc2Br)ccc1[N+](=O)[O-]. The smallest absolute Gasteiger partial charge is 0.292 e. The molecule has 0 aromatic heterocycles. The zero-order valence-electron chi connectivity index (χ0n) is 9.47. The first kappa shape index (κ1) is 13.3. The van der Waals surface area contributed by atoms with E-state index in [0.29, 0.717) is 16.0 Å². The van der Waals surface area contributed by atoms with Gasteiger partial charge in [0.1, 0.15) is 23.0 Å². The third-order valence-electron chi connectivity index (χ3n) is 2.32. The molecule has 0 aliphatic carbocycles. The Morgan fingerprint density at radius 1 is 1.26 bits per heavy atom. The van der Waals surface area contributed by atoms with Crippen LogP contribution in [0, 0.1) is 15.9 Å². The summed E-state index contributed by atoms with van der Waals surface area (Å²) in [6, 6.07) is 7.95. The predicted octanol–water partition coefficient (Wildman–Crippen LogP) is 3.87. The van der Waals surface area contributed by atoms with Crippen molar-refractivity contribution in [1.29, 1.82) is 0 Å². The zero-order chi connectivity index (χ0) is 14.0. The van der Waals surface area contributed by atoms with Crippen LogP contribution in [0.3, 0.4) is 0 Å². The standard InChI is InChI=1S/C12H8BrFN2O3/c13-9-5-7(14)1-4-12(9)19-8-2-3-11(16(17)18)10(15)6-8/h1-6H,15H2. The molecule has 2 rings (SSSR count). The first-order valence-corrected chi connectivity index (χ1v) is 5.93. The molecule has 0 saturated heterocycles. The molecule has 0 amide bonds. The largest absolute Gasteiger partial charge is 0.456 e. The van der Waals surface area contributed by atoms with Gasteiger partial charge in [-0.2, -0.15) is 0 Å². The van der Waals surface area contributed by atoms with E-state index in [0.717, 1.165) is 0 Å². The van der Waals surface area contributed by atoms with Crippen LogP contribution in [-0.4, -0.2) is 4.92 Å². The minimum atomic E-state index is -0.576. The molecular weight excluding hydrogens is 319 g/mol. The lowest BCUT2D eigenvalue weighted by Gasteiger charge is -2.08. The molecule has 2 N–H and O–H groups in total. The number of nitrogen functional groups attached to an aromatic ring is 1. The average Bonchev–Trinajstić information content (AvgIpc) is 2.32. The molecule has 0 fully saturated rings. The van der Waals surface area contributed by atoms with Gasteiger partial charge in [0.05, 0.1) is 9.40 Å². The van der Waals surface area contributed by atoms with E-state index in [1.54, 1.807) is 0 Å². The minimum Gasteiger partial charge on any atom is -0.456 e. The maximum atomic E-state index is 12.9. The molecular formula is C12H8BrFN2O3. The Balaban J connectivity index is 2.29. The average molecular weight is 327 g/mol. The second-order valence-electron chi connectivity index (χ2n) is 3.65. The number of hydrogen-bond acceptors (Lipinski definition) is 4. The van der Waals surface area contributed by atoms with Crippen LogP contribution in [0.1, 0.15) is 0 Å². The maximum absolute atomic E-state index is 12.9. The molecule has 98 valence electrons. The summed E-state index contributed by atoms with van der Waals surface area (Å²) in [5.74, 6) is 0.312. The number of nitro benzene ring substituents is 1. The fourth-order valence-electron chi connectivity index (χ4n) is 1.45. The fourth-order valence-corrected chi connectivity index (χ4v) is 1.88. The van der Waals surface area contributed by atoms with Crippen molar-refractivity contribution in [3.8, 4) is 11.5 Å². The van der Waals surface area contributed by atoms with Crippen molar-refractivity contribution in [2.75, 3.05) is 5.73 Å². The van der Waals surface area contributed by atoms with Crippen LogP contribution >= 0.6 is 15.9 Å². The minimum absolute atomic E-state index is 0.000680. The Morgan fingerprint density at radius 2 is 2.00 bits per heavy atom. The highest BCUT2D eigenvalue weighted by Crippen LogP contribution is 2.33. The number of hydrogen-bond donors (Lipinski definition) is 1. The van der Waals surface area contributed by atoms with E-state index in [4.69, 9.17) is 10.5 Å². The molecule has 0 atom stereocenters. The molecule has 0 aliphatic rings. The van der Waals surface area contributed by atoms with Gasteiger partial charge < -0.3 is 10.5 Å². The zero-order valence-corrected chi connectivity index (χ0v) is 11.1. The third-order valence-corrected chi connectivity index (χ3v) is 2.94. The van der Waals surface area contributed by atoms with Crippen LogP contribution in [-0.2, 0) is 0 Å². The van der Waals surface area contributed by atoms with Crippen molar-refractivity contribution in [3.05, 3.63) is 56.8 Å². The lowest BCUT2D eigenvalue weighted by Crippen LogP contribution is -1.96. The second kappa shape index (κ2) is 5.23. The van der Waals surface area contributed by atoms with E-state index in [2.05, 4.69) is 15.9 Å². The van der Waals surface area contributed by atoms with E-state index in [1.165, 1.54) is 36.4 Å². The Bertz CT molecular complexity index is 649. The number of ether oxygens (including phenoxy) is 1. The van der Waals surface area contributed by atoms with Crippen molar-refractivity contribution < 1.29 is 14.1 Å². The monoisotopic (exact) mass is 326 g/mol. The predicted molar refractivity (Wildman–Crippen MR) is 71.7 cm³/mol. The van der Waals surface area contributed by atoms with E-state index < -0.39 is 10.7 Å². The molecule has 0 radical (unpaired) electrons. The van der Waals surface area contributed by atoms with Gasteiger partial charge in [-0.15, -0.1) is 0 Å². The van der Waals surface area contributed by atoms with Crippen molar-refractivity contribution in [3.63, 3.8) is 0 Å². The molecule has 0 spiro atoms. The van der Waals surface area contributed by atoms with E-state index in [1.807, 2.05) is 0 Å². The van der Waals surface area contributed by atoms with E-state index in [9.17, 15) is 14.5 Å². The van der Waals surface area contributed by atoms with Crippen molar-refractivity contribution >= 4 is 27.3 Å². The fraction of sp³-hybridized carbons (Fsp3) is 0. The second-order valence-corrected chi connectivity index (χ2v) is 4.51. The van der Waals surface area contributed by atoms with Crippen LogP contribution in [0.25, 0.3) is 0 Å². The van der Waals surface area contributed by atoms with Gasteiger partial charge in [0.25, 0.3) is 5.69 Å². The van der Waals surface area contributed by atoms with Crippen LogP contribution in [0.2, 0.25) is 0 Å². The van der Waals surface area contributed by atoms with Gasteiger partial charge in [0.15, 0.2) is 0 Å². The van der Waals surface area contributed by atoms with Crippen LogP contribution < -0.4 is 10.5 Å². The van der Waals surface area contributed by atoms with Gasteiger partial charge >= 0.3 is 0 Å².